The molecule has 3 N–H and O–H groups in total. The lowest BCUT2D eigenvalue weighted by Crippen LogP contribution is -2.36. The summed E-state index contributed by atoms with van der Waals surface area (Å²) in [7, 11) is 0. The third kappa shape index (κ3) is 6.68. The van der Waals surface area contributed by atoms with Gasteiger partial charge in [0, 0.05) is 25.2 Å². The van der Waals surface area contributed by atoms with Gasteiger partial charge in [0.05, 0.1) is 12.5 Å². The summed E-state index contributed by atoms with van der Waals surface area (Å²) < 4.78 is 7.87. The molecule has 0 saturated heterocycles. The van der Waals surface area contributed by atoms with Crippen LogP contribution in [0.15, 0.2) is 42.7 Å². The highest BCUT2D eigenvalue weighted by molar-refractivity contribution is 5.87. The van der Waals surface area contributed by atoms with Crippen LogP contribution in [0.2, 0.25) is 0 Å². The van der Waals surface area contributed by atoms with Crippen LogP contribution in [-0.4, -0.2) is 58.8 Å². The summed E-state index contributed by atoms with van der Waals surface area (Å²) in [5, 5.41) is 19.9. The Morgan fingerprint density at radius 2 is 1.84 bits per heavy atom. The first-order valence-corrected chi connectivity index (χ1v) is 9.42. The normalized spacial score (nSPS) is 11.4. The first-order chi connectivity index (χ1) is 14.9. The third-order valence-corrected chi connectivity index (χ3v) is 4.41. The molecule has 12 nitrogen and oxygen atoms in total. The number of Topliss-reactive ketones (excluding diaryl/α,β-unsaturated/α-hetero) is 1. The summed E-state index contributed by atoms with van der Waals surface area (Å²) >= 11 is 0. The molecule has 0 aliphatic carbocycles. The number of imidazole rings is 1. The third-order valence-electron chi connectivity index (χ3n) is 4.41. The Morgan fingerprint density at radius 1 is 1.12 bits per heavy atom. The van der Waals surface area contributed by atoms with Crippen molar-refractivity contribution in [2.45, 2.75) is 38.5 Å². The highest BCUT2D eigenvalue weighted by Gasteiger charge is 2.20. The zero-order valence-corrected chi connectivity index (χ0v) is 17.7. The smallest absolute Gasteiger partial charge is 0.419 e. The second-order valence-electron chi connectivity index (χ2n) is 6.68. The van der Waals surface area contributed by atoms with E-state index in [9.17, 15) is 14.4 Å². The van der Waals surface area contributed by atoms with Gasteiger partial charge in [-0.15, -0.1) is 17.5 Å². The summed E-state index contributed by atoms with van der Waals surface area (Å²) in [6, 6.07) is 8.15. The zero-order valence-electron chi connectivity index (χ0n) is 16.9. The van der Waals surface area contributed by atoms with E-state index in [1.54, 1.807) is 0 Å². The van der Waals surface area contributed by atoms with Crippen molar-refractivity contribution in [3.63, 3.8) is 0 Å². The van der Waals surface area contributed by atoms with Crippen molar-refractivity contribution in [3.8, 4) is 0 Å². The van der Waals surface area contributed by atoms with Crippen LogP contribution in [0.1, 0.15) is 23.6 Å². The van der Waals surface area contributed by atoms with Gasteiger partial charge in [0.2, 0.25) is 0 Å². The summed E-state index contributed by atoms with van der Waals surface area (Å²) in [4.78, 5) is 39.3. The number of hydrogen-bond acceptors (Lipinski definition) is 9. The highest BCUT2D eigenvalue weighted by atomic mass is 35.5. The number of carbonyl (C=O) groups excluding carboxylic acids is 2. The van der Waals surface area contributed by atoms with Gasteiger partial charge < -0.3 is 15.6 Å². The number of aliphatic carboxylic acids is 1. The van der Waals surface area contributed by atoms with E-state index in [1.807, 2.05) is 30.3 Å². The number of ether oxygens (including phenoxy) is 1. The lowest BCUT2D eigenvalue weighted by molar-refractivity contribution is -0.139. The van der Waals surface area contributed by atoms with Gasteiger partial charge in [-0.2, -0.15) is 0 Å². The molecule has 1 atom stereocenters. The van der Waals surface area contributed by atoms with Gasteiger partial charge in [-0.1, -0.05) is 30.3 Å². The fourth-order valence-corrected chi connectivity index (χ4v) is 2.79. The molecule has 2 aromatic heterocycles. The maximum absolute atomic E-state index is 12.4. The van der Waals surface area contributed by atoms with Crippen molar-refractivity contribution in [1.82, 2.24) is 29.8 Å². The molecule has 0 saturated carbocycles. The van der Waals surface area contributed by atoms with Crippen LogP contribution in [0.3, 0.4) is 0 Å². The highest BCUT2D eigenvalue weighted by Crippen LogP contribution is 2.07. The van der Waals surface area contributed by atoms with Crippen LogP contribution in [-0.2, 0) is 40.3 Å². The molecular weight excluding hydrogens is 442 g/mol. The Balaban J connectivity index is 0.00000363. The lowest BCUT2D eigenvalue weighted by atomic mass is 10.1. The predicted molar refractivity (Wildman–Crippen MR) is 112 cm³/mol. The standard InChI is InChI=1S/C19H21N7O5.ClH/c20-14(10-18(28)29)15(27)11-26-17(22-23-24-26)7-6-16-21-8-9-25(16)19(30)31-12-13-4-2-1-3-5-13;/h1-5,8-9,14H,6-7,10-12,20H2,(H,28,29);1H. The molecule has 2 heterocycles. The van der Waals surface area contributed by atoms with Crippen molar-refractivity contribution >= 4 is 30.3 Å². The molecular formula is C19H22ClN7O5. The molecule has 0 amide bonds. The Labute approximate surface area is 188 Å². The molecule has 0 fully saturated rings. The number of carbonyl (C=O) groups is 3. The van der Waals surface area contributed by atoms with E-state index < -0.39 is 30.3 Å². The number of nitrogens with zero attached hydrogens (tertiary/aromatic N) is 6. The topological polar surface area (TPSA) is 168 Å². The first-order valence-electron chi connectivity index (χ1n) is 9.42. The van der Waals surface area contributed by atoms with Gasteiger partial charge in [0.1, 0.15) is 19.0 Å². The minimum absolute atomic E-state index is 0. The Hall–Kier alpha value is -3.64. The van der Waals surface area contributed by atoms with Crippen LogP contribution >= 0.6 is 12.4 Å². The summed E-state index contributed by atoms with van der Waals surface area (Å²) in [5.41, 5.74) is 6.45. The average molecular weight is 464 g/mol. The number of nitrogens with two attached hydrogens (primary N) is 1. The lowest BCUT2D eigenvalue weighted by Gasteiger charge is -2.09. The number of aromatic nitrogens is 6. The molecule has 0 aliphatic rings. The molecule has 3 aromatic rings. The van der Waals surface area contributed by atoms with Gasteiger partial charge in [0.25, 0.3) is 0 Å². The Bertz CT molecular complexity index is 1050. The fraction of sp³-hybridized carbons (Fsp3) is 0.316. The molecule has 13 heteroatoms. The summed E-state index contributed by atoms with van der Waals surface area (Å²) in [5.74, 6) is -0.838. The second kappa shape index (κ2) is 11.7. The minimum Gasteiger partial charge on any atom is -0.481 e. The second-order valence-corrected chi connectivity index (χ2v) is 6.68. The molecule has 32 heavy (non-hydrogen) atoms. The average Bonchev–Trinajstić information content (AvgIpc) is 3.40. The van der Waals surface area contributed by atoms with Gasteiger partial charge in [0.15, 0.2) is 11.6 Å². The number of rotatable bonds is 10. The van der Waals surface area contributed by atoms with Gasteiger partial charge in [-0.3, -0.25) is 9.59 Å². The number of carboxylic acids is 1. The number of ketones is 1. The number of halogens is 1. The Morgan fingerprint density at radius 3 is 2.56 bits per heavy atom. The predicted octanol–water partition coefficient (Wildman–Crippen LogP) is 0.633. The van der Waals surface area contributed by atoms with Crippen molar-refractivity contribution in [3.05, 3.63) is 59.9 Å². The maximum Gasteiger partial charge on any atom is 0.419 e. The molecule has 1 unspecified atom stereocenters. The molecule has 3 rings (SSSR count). The Kier molecular flexibility index (Phi) is 8.98. The quantitative estimate of drug-likeness (QED) is 0.435. The summed E-state index contributed by atoms with van der Waals surface area (Å²) in [6.07, 6.45) is 2.54. The van der Waals surface area contributed by atoms with E-state index in [4.69, 9.17) is 15.6 Å². The number of aryl methyl sites for hydroxylation is 2. The largest absolute Gasteiger partial charge is 0.481 e. The number of carboxylic acid groups (broad SMARTS) is 1. The maximum atomic E-state index is 12.4. The number of tetrazole rings is 1. The van der Waals surface area contributed by atoms with Crippen LogP contribution < -0.4 is 5.73 Å². The van der Waals surface area contributed by atoms with Crippen molar-refractivity contribution in [1.29, 1.82) is 0 Å². The number of hydrogen-bond donors (Lipinski definition) is 2. The first kappa shape index (κ1) is 24.6. The molecule has 0 aliphatic heterocycles. The van der Waals surface area contributed by atoms with Crippen LogP contribution in [0.25, 0.3) is 0 Å². The molecule has 0 bridgehead atoms. The van der Waals surface area contributed by atoms with E-state index >= 15 is 0 Å². The van der Waals surface area contributed by atoms with Gasteiger partial charge in [-0.05, 0) is 16.0 Å². The SMILES string of the molecule is Cl.NC(CC(=O)O)C(=O)Cn1nnnc1CCc1nccn1C(=O)OCc1ccccc1. The van der Waals surface area contributed by atoms with E-state index in [-0.39, 0.29) is 32.0 Å². The van der Waals surface area contributed by atoms with E-state index in [0.29, 0.717) is 18.1 Å². The van der Waals surface area contributed by atoms with Crippen molar-refractivity contribution in [2.24, 2.45) is 5.73 Å². The monoisotopic (exact) mass is 463 g/mol. The molecule has 170 valence electrons. The van der Waals surface area contributed by atoms with E-state index in [0.717, 1.165) is 5.56 Å². The minimum atomic E-state index is -1.16. The van der Waals surface area contributed by atoms with Crippen LogP contribution in [0, 0.1) is 0 Å². The van der Waals surface area contributed by atoms with Gasteiger partial charge >= 0.3 is 12.1 Å². The van der Waals surface area contributed by atoms with E-state index in [2.05, 4.69) is 20.5 Å². The van der Waals surface area contributed by atoms with Crippen molar-refractivity contribution < 1.29 is 24.2 Å². The molecule has 1 aromatic carbocycles. The van der Waals surface area contributed by atoms with Gasteiger partial charge in [-0.25, -0.2) is 19.0 Å². The van der Waals surface area contributed by atoms with Crippen molar-refractivity contribution in [2.75, 3.05) is 0 Å². The summed E-state index contributed by atoms with van der Waals surface area (Å²) in [6.45, 7) is -0.113. The molecule has 0 radical (unpaired) electrons. The van der Waals surface area contributed by atoms with Crippen LogP contribution in [0.5, 0.6) is 0 Å². The van der Waals surface area contributed by atoms with E-state index in [1.165, 1.54) is 21.6 Å². The fourth-order valence-electron chi connectivity index (χ4n) is 2.79. The molecule has 0 spiro atoms. The number of benzene rings is 1. The zero-order chi connectivity index (χ0) is 22.2. The van der Waals surface area contributed by atoms with Crippen LogP contribution in [0.4, 0.5) is 4.79 Å².